The summed E-state index contributed by atoms with van der Waals surface area (Å²) < 4.78 is 7.44. The third-order valence-electron chi connectivity index (χ3n) is 5.55. The SMILES string of the molecule is Cc1cccc(CN2CCc3nnc([C@@H](CC(C)C)NC(=O)c4ccco4)n3CC2)n1. The molecular formula is C23H30N6O2. The Labute approximate surface area is 182 Å². The largest absolute Gasteiger partial charge is 0.459 e. The molecule has 31 heavy (non-hydrogen) atoms. The van der Waals surface area contributed by atoms with Crippen LogP contribution in [0.1, 0.15) is 59.9 Å². The van der Waals surface area contributed by atoms with E-state index in [2.05, 4.69) is 55.9 Å². The summed E-state index contributed by atoms with van der Waals surface area (Å²) in [6.07, 6.45) is 3.11. The summed E-state index contributed by atoms with van der Waals surface area (Å²) in [5, 5.41) is 12.1. The van der Waals surface area contributed by atoms with Gasteiger partial charge in [0, 0.05) is 38.3 Å². The van der Waals surface area contributed by atoms with Crippen LogP contribution in [0.4, 0.5) is 0 Å². The number of fused-ring (bicyclic) bond motifs is 1. The molecular weight excluding hydrogens is 392 g/mol. The van der Waals surface area contributed by atoms with Gasteiger partial charge in [-0.1, -0.05) is 19.9 Å². The maximum Gasteiger partial charge on any atom is 0.287 e. The van der Waals surface area contributed by atoms with Crippen LogP contribution >= 0.6 is 0 Å². The van der Waals surface area contributed by atoms with Gasteiger partial charge in [-0.15, -0.1) is 10.2 Å². The van der Waals surface area contributed by atoms with Crippen LogP contribution in [-0.2, 0) is 19.5 Å². The van der Waals surface area contributed by atoms with E-state index in [0.717, 1.165) is 62.1 Å². The average molecular weight is 423 g/mol. The average Bonchev–Trinajstić information content (AvgIpc) is 3.36. The number of amides is 1. The second kappa shape index (κ2) is 9.43. The highest BCUT2D eigenvalue weighted by atomic mass is 16.3. The van der Waals surface area contributed by atoms with Gasteiger partial charge in [0.15, 0.2) is 11.6 Å². The summed E-state index contributed by atoms with van der Waals surface area (Å²) in [6.45, 7) is 9.69. The van der Waals surface area contributed by atoms with Crippen LogP contribution in [0.2, 0.25) is 0 Å². The summed E-state index contributed by atoms with van der Waals surface area (Å²) in [5.74, 6) is 2.26. The van der Waals surface area contributed by atoms with Crippen LogP contribution in [0.3, 0.4) is 0 Å². The number of aryl methyl sites for hydroxylation is 1. The fourth-order valence-electron chi connectivity index (χ4n) is 4.06. The number of nitrogens with one attached hydrogen (secondary N) is 1. The van der Waals surface area contributed by atoms with Crippen molar-refractivity contribution in [2.75, 3.05) is 13.1 Å². The van der Waals surface area contributed by atoms with Gasteiger partial charge in [0.1, 0.15) is 5.82 Å². The van der Waals surface area contributed by atoms with Crippen molar-refractivity contribution in [1.29, 1.82) is 0 Å². The molecule has 1 aliphatic heterocycles. The molecule has 0 aromatic carbocycles. The molecule has 164 valence electrons. The third-order valence-corrected chi connectivity index (χ3v) is 5.55. The summed E-state index contributed by atoms with van der Waals surface area (Å²) in [5.41, 5.74) is 2.12. The Hall–Kier alpha value is -3.00. The first-order valence-electron chi connectivity index (χ1n) is 10.9. The van der Waals surface area contributed by atoms with Gasteiger partial charge in [-0.25, -0.2) is 0 Å². The topological polar surface area (TPSA) is 89.1 Å². The molecule has 1 amide bonds. The molecule has 1 N–H and O–H groups in total. The second-order valence-corrected chi connectivity index (χ2v) is 8.56. The molecule has 4 rings (SSSR count). The van der Waals surface area contributed by atoms with E-state index in [9.17, 15) is 4.79 Å². The Morgan fingerprint density at radius 3 is 2.77 bits per heavy atom. The Balaban J connectivity index is 1.49. The van der Waals surface area contributed by atoms with Crippen LogP contribution in [-0.4, -0.2) is 43.6 Å². The Morgan fingerprint density at radius 1 is 1.16 bits per heavy atom. The van der Waals surface area contributed by atoms with Crippen LogP contribution in [0.5, 0.6) is 0 Å². The van der Waals surface area contributed by atoms with Gasteiger partial charge in [-0.2, -0.15) is 0 Å². The molecule has 8 heteroatoms. The minimum atomic E-state index is -0.228. The van der Waals surface area contributed by atoms with Gasteiger partial charge in [0.25, 0.3) is 5.91 Å². The molecule has 0 saturated carbocycles. The van der Waals surface area contributed by atoms with Crippen LogP contribution < -0.4 is 5.32 Å². The fourth-order valence-corrected chi connectivity index (χ4v) is 4.06. The highest BCUT2D eigenvalue weighted by molar-refractivity contribution is 5.91. The molecule has 0 radical (unpaired) electrons. The number of hydrogen-bond acceptors (Lipinski definition) is 6. The monoisotopic (exact) mass is 422 g/mol. The minimum absolute atomic E-state index is 0.219. The van der Waals surface area contributed by atoms with E-state index in [1.54, 1.807) is 12.1 Å². The van der Waals surface area contributed by atoms with Crippen molar-refractivity contribution in [1.82, 2.24) is 30.0 Å². The first-order valence-corrected chi connectivity index (χ1v) is 10.9. The Morgan fingerprint density at radius 2 is 2.03 bits per heavy atom. The smallest absolute Gasteiger partial charge is 0.287 e. The molecule has 4 heterocycles. The predicted octanol–water partition coefficient (Wildman–Crippen LogP) is 3.15. The van der Waals surface area contributed by atoms with Crippen molar-refractivity contribution in [3.8, 4) is 0 Å². The van der Waals surface area contributed by atoms with Gasteiger partial charge >= 0.3 is 0 Å². The van der Waals surface area contributed by atoms with Gasteiger partial charge in [-0.05, 0) is 43.5 Å². The zero-order chi connectivity index (χ0) is 21.8. The number of carbonyl (C=O) groups is 1. The highest BCUT2D eigenvalue weighted by Gasteiger charge is 2.27. The maximum absolute atomic E-state index is 12.6. The molecule has 0 spiro atoms. The minimum Gasteiger partial charge on any atom is -0.459 e. The van der Waals surface area contributed by atoms with Crippen molar-refractivity contribution in [3.05, 3.63) is 65.4 Å². The third kappa shape index (κ3) is 5.19. The lowest BCUT2D eigenvalue weighted by atomic mass is 10.0. The van der Waals surface area contributed by atoms with E-state index in [1.165, 1.54) is 6.26 Å². The van der Waals surface area contributed by atoms with Crippen molar-refractivity contribution in [2.24, 2.45) is 5.92 Å². The van der Waals surface area contributed by atoms with Crippen LogP contribution in [0.25, 0.3) is 0 Å². The fraction of sp³-hybridized carbons (Fsp3) is 0.478. The van der Waals surface area contributed by atoms with Gasteiger partial charge in [-0.3, -0.25) is 14.7 Å². The predicted molar refractivity (Wildman–Crippen MR) is 116 cm³/mol. The zero-order valence-electron chi connectivity index (χ0n) is 18.4. The number of aromatic nitrogens is 4. The normalized spacial score (nSPS) is 15.5. The maximum atomic E-state index is 12.6. The van der Waals surface area contributed by atoms with Crippen molar-refractivity contribution in [2.45, 2.75) is 52.7 Å². The molecule has 0 bridgehead atoms. The van der Waals surface area contributed by atoms with Gasteiger partial charge in [0.05, 0.1) is 18.0 Å². The van der Waals surface area contributed by atoms with Crippen molar-refractivity contribution < 1.29 is 9.21 Å². The molecule has 1 atom stereocenters. The number of hydrogen-bond donors (Lipinski definition) is 1. The van der Waals surface area contributed by atoms with E-state index < -0.39 is 0 Å². The lowest BCUT2D eigenvalue weighted by Gasteiger charge is -2.22. The molecule has 0 unspecified atom stereocenters. The number of pyridine rings is 1. The number of furan rings is 1. The zero-order valence-corrected chi connectivity index (χ0v) is 18.4. The van der Waals surface area contributed by atoms with Crippen molar-refractivity contribution >= 4 is 5.91 Å². The van der Waals surface area contributed by atoms with Gasteiger partial charge < -0.3 is 14.3 Å². The second-order valence-electron chi connectivity index (χ2n) is 8.56. The number of nitrogens with zero attached hydrogens (tertiary/aromatic N) is 5. The van der Waals surface area contributed by atoms with E-state index in [-0.39, 0.29) is 11.9 Å². The molecule has 1 aliphatic rings. The van der Waals surface area contributed by atoms with E-state index in [4.69, 9.17) is 4.42 Å². The Kier molecular flexibility index (Phi) is 6.46. The summed E-state index contributed by atoms with van der Waals surface area (Å²) in [4.78, 5) is 19.7. The first kappa shape index (κ1) is 21.2. The van der Waals surface area contributed by atoms with E-state index in [0.29, 0.717) is 11.7 Å². The number of carbonyl (C=O) groups excluding carboxylic acids is 1. The summed E-state index contributed by atoms with van der Waals surface area (Å²) in [6, 6.07) is 9.32. The quantitative estimate of drug-likeness (QED) is 0.629. The van der Waals surface area contributed by atoms with Gasteiger partial charge in [0.2, 0.25) is 0 Å². The standard InChI is InChI=1S/C23H30N6O2/c1-16(2)14-19(25-23(30)20-8-5-13-31-20)22-27-26-21-9-10-28(11-12-29(21)22)15-18-7-4-6-17(3)24-18/h4-8,13,16,19H,9-12,14-15H2,1-3H3,(H,25,30)/t19-/m1/s1. The highest BCUT2D eigenvalue weighted by Crippen LogP contribution is 2.23. The van der Waals surface area contributed by atoms with Crippen LogP contribution in [0, 0.1) is 12.8 Å². The van der Waals surface area contributed by atoms with E-state index >= 15 is 0 Å². The molecule has 0 fully saturated rings. The molecule has 3 aromatic rings. The molecule has 0 aliphatic carbocycles. The van der Waals surface area contributed by atoms with Crippen LogP contribution in [0.15, 0.2) is 41.0 Å². The Bertz CT molecular complexity index is 1010. The summed E-state index contributed by atoms with van der Waals surface area (Å²) >= 11 is 0. The molecule has 0 saturated heterocycles. The lowest BCUT2D eigenvalue weighted by Crippen LogP contribution is -2.32. The summed E-state index contributed by atoms with van der Waals surface area (Å²) in [7, 11) is 0. The van der Waals surface area contributed by atoms with E-state index in [1.807, 2.05) is 13.0 Å². The molecule has 8 nitrogen and oxygen atoms in total. The molecule has 3 aromatic heterocycles. The van der Waals surface area contributed by atoms with Crippen molar-refractivity contribution in [3.63, 3.8) is 0 Å². The lowest BCUT2D eigenvalue weighted by molar-refractivity contribution is 0.0900. The first-order chi connectivity index (χ1) is 15.0. The number of rotatable bonds is 7.